The van der Waals surface area contributed by atoms with E-state index in [2.05, 4.69) is 17.3 Å². The van der Waals surface area contributed by atoms with Gasteiger partial charge in [0.2, 0.25) is 0 Å². The lowest BCUT2D eigenvalue weighted by Crippen LogP contribution is -2.38. The molecular weight excluding hydrogens is 344 g/mol. The Hall–Kier alpha value is -1.88. The Bertz CT molecular complexity index is 874. The third-order valence-corrected chi connectivity index (χ3v) is 6.90. The minimum absolute atomic E-state index is 0.0638. The van der Waals surface area contributed by atoms with Gasteiger partial charge in [0, 0.05) is 52.8 Å². The van der Waals surface area contributed by atoms with Gasteiger partial charge in [-0.25, -0.2) is 0 Å². The van der Waals surface area contributed by atoms with Crippen molar-refractivity contribution in [1.29, 1.82) is 0 Å². The fourth-order valence-electron chi connectivity index (χ4n) is 4.35. The maximum absolute atomic E-state index is 13.0. The Labute approximate surface area is 158 Å². The molecular formula is C21H26N2O2S. The molecule has 0 radical (unpaired) electrons. The van der Waals surface area contributed by atoms with Gasteiger partial charge in [-0.05, 0) is 50.5 Å². The van der Waals surface area contributed by atoms with E-state index in [4.69, 9.17) is 0 Å². The Balaban J connectivity index is 1.45. The van der Waals surface area contributed by atoms with Crippen molar-refractivity contribution in [1.82, 2.24) is 9.88 Å². The zero-order chi connectivity index (χ0) is 18.3. The average Bonchev–Trinajstić information content (AvgIpc) is 3.03. The van der Waals surface area contributed by atoms with Crippen molar-refractivity contribution in [2.45, 2.75) is 51.9 Å². The van der Waals surface area contributed by atoms with Gasteiger partial charge in [0.05, 0.1) is 5.56 Å². The van der Waals surface area contributed by atoms with Crippen LogP contribution in [0, 0.1) is 12.8 Å². The lowest BCUT2D eigenvalue weighted by atomic mass is 9.88. The number of amides is 1. The maximum Gasteiger partial charge on any atom is 0.254 e. The number of H-pyrrole nitrogens is 1. The molecule has 2 aromatic heterocycles. The second kappa shape index (κ2) is 7.03. The number of pyridine rings is 1. The van der Waals surface area contributed by atoms with E-state index in [-0.39, 0.29) is 11.3 Å². The summed E-state index contributed by atoms with van der Waals surface area (Å²) in [5, 5.41) is 2.08. The zero-order valence-corrected chi connectivity index (χ0v) is 16.3. The summed E-state index contributed by atoms with van der Waals surface area (Å²) < 4.78 is 0. The smallest absolute Gasteiger partial charge is 0.254 e. The minimum atomic E-state index is 0.0638. The summed E-state index contributed by atoms with van der Waals surface area (Å²) in [7, 11) is 0. The molecule has 1 unspecified atom stereocenters. The van der Waals surface area contributed by atoms with E-state index in [1.54, 1.807) is 23.5 Å². The summed E-state index contributed by atoms with van der Waals surface area (Å²) in [5.74, 6) is 1.27. The molecule has 0 spiro atoms. The number of nitrogens with one attached hydrogen (secondary N) is 1. The van der Waals surface area contributed by atoms with Crippen LogP contribution in [-0.2, 0) is 12.8 Å². The molecule has 138 valence electrons. The van der Waals surface area contributed by atoms with Crippen molar-refractivity contribution < 1.29 is 4.79 Å². The maximum atomic E-state index is 13.0. The molecule has 0 saturated carbocycles. The van der Waals surface area contributed by atoms with E-state index in [0.717, 1.165) is 61.6 Å². The first-order valence-electron chi connectivity index (χ1n) is 9.60. The number of aromatic amines is 1. The molecule has 5 heteroatoms. The molecule has 1 aliphatic carbocycles. The first-order valence-corrected chi connectivity index (χ1v) is 10.5. The summed E-state index contributed by atoms with van der Waals surface area (Å²) in [5.41, 5.74) is 4.24. The fraction of sp³-hybridized carbons (Fsp3) is 0.524. The van der Waals surface area contributed by atoms with Gasteiger partial charge in [-0.15, -0.1) is 11.3 Å². The van der Waals surface area contributed by atoms with Crippen molar-refractivity contribution in [2.75, 3.05) is 13.1 Å². The lowest BCUT2D eigenvalue weighted by molar-refractivity contribution is 0.0711. The van der Waals surface area contributed by atoms with Crippen LogP contribution in [0.25, 0.3) is 0 Å². The number of nitrogens with zero attached hydrogens (tertiary/aromatic N) is 1. The molecule has 1 saturated heterocycles. The number of aryl methyl sites for hydroxylation is 1. The molecule has 2 aliphatic rings. The molecule has 26 heavy (non-hydrogen) atoms. The molecule has 3 heterocycles. The van der Waals surface area contributed by atoms with Gasteiger partial charge in [-0.3, -0.25) is 9.59 Å². The third kappa shape index (κ3) is 3.37. The van der Waals surface area contributed by atoms with Crippen LogP contribution in [0.2, 0.25) is 0 Å². The second-order valence-corrected chi connectivity index (χ2v) is 8.88. The Morgan fingerprint density at radius 1 is 1.23 bits per heavy atom. The first-order chi connectivity index (χ1) is 12.5. The van der Waals surface area contributed by atoms with Gasteiger partial charge in [0.25, 0.3) is 5.91 Å². The minimum Gasteiger partial charge on any atom is -0.362 e. The number of likely N-dealkylation sites (tertiary alicyclic amines) is 1. The topological polar surface area (TPSA) is 53.2 Å². The number of hydrogen-bond donors (Lipinski definition) is 1. The summed E-state index contributed by atoms with van der Waals surface area (Å²) >= 11 is 1.76. The molecule has 1 amide bonds. The standard InChI is InChI=1S/C21H26N2O2S/c1-13-3-4-17-18(12-26-20(17)9-13)21(25)23-7-5-15(6-8-23)19-11-16(24)10-14(2)22-19/h10-13,15H,3-9H2,1-2H3,(H,22,24). The van der Waals surface area contributed by atoms with Crippen LogP contribution in [0.3, 0.4) is 0 Å². The van der Waals surface area contributed by atoms with E-state index in [0.29, 0.717) is 5.92 Å². The third-order valence-electron chi connectivity index (χ3n) is 5.85. The summed E-state index contributed by atoms with van der Waals surface area (Å²) in [6.45, 7) is 5.75. The van der Waals surface area contributed by atoms with Gasteiger partial charge in [-0.2, -0.15) is 0 Å². The van der Waals surface area contributed by atoms with Crippen molar-refractivity contribution in [3.05, 3.63) is 55.1 Å². The number of piperidine rings is 1. The largest absolute Gasteiger partial charge is 0.362 e. The van der Waals surface area contributed by atoms with E-state index >= 15 is 0 Å². The molecule has 0 aromatic carbocycles. The second-order valence-electron chi connectivity index (χ2n) is 7.92. The SMILES string of the molecule is Cc1cc(=O)cc(C2CCN(C(=O)c3csc4c3CCC(C)C4)CC2)[nH]1. The van der Waals surface area contributed by atoms with Crippen LogP contribution < -0.4 is 5.43 Å². The number of fused-ring (bicyclic) bond motifs is 1. The molecule has 4 nitrogen and oxygen atoms in total. The highest BCUT2D eigenvalue weighted by Gasteiger charge is 2.29. The van der Waals surface area contributed by atoms with Crippen molar-refractivity contribution in [3.8, 4) is 0 Å². The van der Waals surface area contributed by atoms with Crippen molar-refractivity contribution in [2.24, 2.45) is 5.92 Å². The van der Waals surface area contributed by atoms with E-state index in [1.807, 2.05) is 11.8 Å². The Morgan fingerprint density at radius 2 is 2.00 bits per heavy atom. The number of rotatable bonds is 2. The van der Waals surface area contributed by atoms with Gasteiger partial charge in [0.15, 0.2) is 5.43 Å². The van der Waals surface area contributed by atoms with E-state index in [1.165, 1.54) is 16.9 Å². The van der Waals surface area contributed by atoms with Crippen molar-refractivity contribution >= 4 is 17.2 Å². The van der Waals surface area contributed by atoms with Gasteiger partial charge < -0.3 is 9.88 Å². The average molecular weight is 371 g/mol. The summed E-state index contributed by atoms with van der Waals surface area (Å²) in [6.07, 6.45) is 5.17. The van der Waals surface area contributed by atoms with Gasteiger partial charge in [0.1, 0.15) is 0 Å². The molecule has 1 atom stereocenters. The molecule has 1 aliphatic heterocycles. The fourth-order valence-corrected chi connectivity index (χ4v) is 5.59. The highest BCUT2D eigenvalue weighted by atomic mass is 32.1. The summed E-state index contributed by atoms with van der Waals surface area (Å²) in [4.78, 5) is 31.6. The normalized spacial score (nSPS) is 20.8. The molecule has 1 fully saturated rings. The molecule has 4 rings (SSSR count). The van der Waals surface area contributed by atoms with E-state index < -0.39 is 0 Å². The number of hydrogen-bond acceptors (Lipinski definition) is 3. The van der Waals surface area contributed by atoms with Gasteiger partial charge >= 0.3 is 0 Å². The predicted molar refractivity (Wildman–Crippen MR) is 105 cm³/mol. The van der Waals surface area contributed by atoms with E-state index in [9.17, 15) is 9.59 Å². The van der Waals surface area contributed by atoms with Crippen LogP contribution in [0.15, 0.2) is 22.3 Å². The monoisotopic (exact) mass is 370 g/mol. The zero-order valence-electron chi connectivity index (χ0n) is 15.5. The molecule has 2 aromatic rings. The predicted octanol–water partition coefficient (Wildman–Crippen LogP) is 3.89. The number of aromatic nitrogens is 1. The van der Waals surface area contributed by atoms with Gasteiger partial charge in [-0.1, -0.05) is 6.92 Å². The quantitative estimate of drug-likeness (QED) is 0.872. The molecule has 1 N–H and O–H groups in total. The van der Waals surface area contributed by atoms with Crippen LogP contribution in [-0.4, -0.2) is 28.9 Å². The number of carbonyl (C=O) groups is 1. The lowest BCUT2D eigenvalue weighted by Gasteiger charge is -2.32. The van der Waals surface area contributed by atoms with Crippen LogP contribution in [0.5, 0.6) is 0 Å². The number of carbonyl (C=O) groups excluding carboxylic acids is 1. The van der Waals surface area contributed by atoms with Crippen molar-refractivity contribution in [3.63, 3.8) is 0 Å². The van der Waals surface area contributed by atoms with Crippen LogP contribution in [0.4, 0.5) is 0 Å². The number of thiophene rings is 1. The first kappa shape index (κ1) is 17.5. The summed E-state index contributed by atoms with van der Waals surface area (Å²) in [6, 6.07) is 3.34. The highest BCUT2D eigenvalue weighted by Crippen LogP contribution is 2.34. The Morgan fingerprint density at radius 3 is 2.73 bits per heavy atom. The Kier molecular flexibility index (Phi) is 4.74. The highest BCUT2D eigenvalue weighted by molar-refractivity contribution is 7.10. The van der Waals surface area contributed by atoms with Crippen LogP contribution in [0.1, 0.15) is 64.3 Å². The van der Waals surface area contributed by atoms with Crippen LogP contribution >= 0.6 is 11.3 Å². The molecule has 0 bridgehead atoms.